The molecule has 0 aliphatic carbocycles. The van der Waals surface area contributed by atoms with E-state index in [1.807, 2.05) is 0 Å². The fourth-order valence-electron chi connectivity index (χ4n) is 5.84. The minimum absolute atomic E-state index is 0. The van der Waals surface area contributed by atoms with E-state index in [-0.39, 0.29) is 111 Å². The Morgan fingerprint density at radius 2 is 0.866 bits per heavy atom. The van der Waals surface area contributed by atoms with Crippen LogP contribution in [0.3, 0.4) is 0 Å². The Labute approximate surface area is 441 Å². The molecule has 0 spiro atoms. The van der Waals surface area contributed by atoms with Gasteiger partial charge in [0.2, 0.25) is 0 Å². The van der Waals surface area contributed by atoms with Crippen LogP contribution in [0.2, 0.25) is 0 Å². The standard InChI is InChI=1S/C34H26N6O17S5.5Li/c35-20-6-3-18-10-28(61(52,53)54)31(33(41)24(18)12-20)39-37-21-7-4-16(26(13-21)59(46,47)48)1-2-17-5-8-22(14-27(17)60(49,50)51)38-40-32-29(62(55,56)57)11-19-9-23(58(43,44)45)15-25(36)30(19)34(32)42;;;;;/h1-15,41-42H,35-36H2,(H,43,44,45)(H,46,47,48)(H,49,50,51)(H,52,53,54)(H,55,56,57);;;;;/q;5*+1/p-5. The molecule has 6 rings (SSSR count). The Morgan fingerprint density at radius 3 is 1.28 bits per heavy atom. The number of rotatable bonds is 11. The maximum Gasteiger partial charge on any atom is 1.00 e. The van der Waals surface area contributed by atoms with Crippen molar-refractivity contribution in [3.05, 3.63) is 90.0 Å². The predicted molar refractivity (Wildman–Crippen MR) is 210 cm³/mol. The SMILES string of the molecule is Nc1ccc2cc(S(=O)(=O)[O-])c(N=Nc3ccc(C=Cc4ccc(N=Nc5c(S(=O)(=O)[O-])cc6cc(S(=O)(=O)[O-])cc(N)c6c5O)cc4S(=O)(=O)[O-])c(S(=O)(=O)[O-])c3)c(O)c2c1.[Li+].[Li+].[Li+].[Li+].[Li+]. The van der Waals surface area contributed by atoms with Gasteiger partial charge in [-0.05, 0) is 82.6 Å². The first-order chi connectivity index (χ1) is 28.5. The molecule has 0 fully saturated rings. The Balaban J connectivity index is 0.00000449. The maximum atomic E-state index is 12.3. The molecule has 67 heavy (non-hydrogen) atoms. The molecule has 33 heteroatoms. The first-order valence-corrected chi connectivity index (χ1v) is 23.3. The van der Waals surface area contributed by atoms with Gasteiger partial charge in [0.25, 0.3) is 0 Å². The van der Waals surface area contributed by atoms with E-state index in [0.717, 1.165) is 42.5 Å². The van der Waals surface area contributed by atoms with E-state index >= 15 is 0 Å². The number of anilines is 2. The van der Waals surface area contributed by atoms with E-state index in [9.17, 15) is 75.1 Å². The van der Waals surface area contributed by atoms with Crippen LogP contribution in [0.1, 0.15) is 11.1 Å². The van der Waals surface area contributed by atoms with Crippen LogP contribution in [0.4, 0.5) is 34.1 Å². The van der Waals surface area contributed by atoms with Gasteiger partial charge in [0.05, 0.1) is 35.9 Å². The van der Waals surface area contributed by atoms with E-state index in [4.69, 9.17) is 11.5 Å². The molecule has 0 heterocycles. The summed E-state index contributed by atoms with van der Waals surface area (Å²) in [4.78, 5) is -5.26. The number of hydrogen-bond donors (Lipinski definition) is 4. The van der Waals surface area contributed by atoms with Gasteiger partial charge in [-0.1, -0.05) is 30.4 Å². The Kier molecular flexibility index (Phi) is 20.7. The Hall–Kier alpha value is -3.48. The number of phenolic OH excluding ortho intramolecular Hbond substituents is 2. The van der Waals surface area contributed by atoms with E-state index < -0.39 is 137 Å². The molecule has 6 N–H and O–H groups in total. The van der Waals surface area contributed by atoms with Crippen molar-refractivity contribution in [2.75, 3.05) is 11.5 Å². The fraction of sp³-hybridized carbons (Fsp3) is 0. The van der Waals surface area contributed by atoms with E-state index in [1.54, 1.807) is 0 Å². The number of fused-ring (bicyclic) bond motifs is 2. The molecule has 0 atom stereocenters. The summed E-state index contributed by atoms with van der Waals surface area (Å²) in [5, 5.41) is 35.3. The zero-order valence-electron chi connectivity index (χ0n) is 35.2. The summed E-state index contributed by atoms with van der Waals surface area (Å²) in [6.07, 6.45) is 1.78. The normalized spacial score (nSPS) is 12.3. The van der Waals surface area contributed by atoms with E-state index in [0.29, 0.717) is 30.3 Å². The first kappa shape index (κ1) is 61.5. The molecule has 23 nitrogen and oxygen atoms in total. The third kappa shape index (κ3) is 13.9. The van der Waals surface area contributed by atoms with Gasteiger partial charge in [-0.25, -0.2) is 42.1 Å². The fourth-order valence-corrected chi connectivity index (χ4v) is 9.06. The summed E-state index contributed by atoms with van der Waals surface area (Å²) in [5.74, 6) is -1.95. The third-order valence-corrected chi connectivity index (χ3v) is 12.9. The molecule has 6 aromatic rings. The largest absolute Gasteiger partial charge is 1.00 e. The van der Waals surface area contributed by atoms with Crippen LogP contribution in [0, 0.1) is 0 Å². The summed E-state index contributed by atoms with van der Waals surface area (Å²) >= 11 is 0. The summed E-state index contributed by atoms with van der Waals surface area (Å²) in [5.41, 5.74) is 7.41. The molecule has 0 aliphatic rings. The average Bonchev–Trinajstić information content (AvgIpc) is 3.14. The van der Waals surface area contributed by atoms with E-state index in [1.165, 1.54) is 18.2 Å². The molecule has 0 saturated carbocycles. The number of aromatic hydroxyl groups is 2. The van der Waals surface area contributed by atoms with E-state index in [2.05, 4.69) is 20.5 Å². The van der Waals surface area contributed by atoms with Crippen molar-refractivity contribution in [2.45, 2.75) is 24.5 Å². The monoisotopic (exact) mass is 980 g/mol. The van der Waals surface area contributed by atoms with Crippen LogP contribution in [0.5, 0.6) is 11.5 Å². The number of phenols is 2. The van der Waals surface area contributed by atoms with Gasteiger partial charge >= 0.3 is 94.3 Å². The number of azo groups is 2. The van der Waals surface area contributed by atoms with Crippen molar-refractivity contribution in [1.82, 2.24) is 0 Å². The summed E-state index contributed by atoms with van der Waals surface area (Å²) < 4.78 is 181. The van der Waals surface area contributed by atoms with Gasteiger partial charge in [0.1, 0.15) is 62.0 Å². The molecular formula is C34H21Li5N6O17S5. The molecule has 0 unspecified atom stereocenters. The van der Waals surface area contributed by atoms with Gasteiger partial charge in [-0.2, -0.15) is 10.2 Å². The number of nitrogens with two attached hydrogens (primary N) is 2. The summed E-state index contributed by atoms with van der Waals surface area (Å²) in [6.45, 7) is 0. The topological polar surface area (TPSA) is 428 Å². The average molecular weight is 981 g/mol. The summed E-state index contributed by atoms with van der Waals surface area (Å²) in [6, 6.07) is 11.9. The van der Waals surface area contributed by atoms with Crippen LogP contribution in [-0.2, 0) is 50.6 Å². The van der Waals surface area contributed by atoms with Crippen LogP contribution >= 0.6 is 0 Å². The van der Waals surface area contributed by atoms with Crippen LogP contribution in [0.25, 0.3) is 33.7 Å². The van der Waals surface area contributed by atoms with Crippen molar-refractivity contribution >= 4 is 118 Å². The molecule has 0 aromatic heterocycles. The number of hydrogen-bond acceptors (Lipinski definition) is 23. The molecule has 0 radical (unpaired) electrons. The molecule has 0 bridgehead atoms. The Morgan fingerprint density at radius 1 is 0.448 bits per heavy atom. The predicted octanol–water partition coefficient (Wildman–Crippen LogP) is -10.9. The minimum atomic E-state index is -5.55. The van der Waals surface area contributed by atoms with Crippen LogP contribution in [-0.4, -0.2) is 75.1 Å². The first-order valence-electron chi connectivity index (χ1n) is 16.3. The molecule has 0 amide bonds. The van der Waals surface area contributed by atoms with Crippen molar-refractivity contribution in [1.29, 1.82) is 0 Å². The van der Waals surface area contributed by atoms with Gasteiger partial charge < -0.3 is 44.4 Å². The van der Waals surface area contributed by atoms with Crippen molar-refractivity contribution < 1.29 is 169 Å². The third-order valence-electron chi connectivity index (χ3n) is 8.56. The molecule has 0 saturated heterocycles. The second-order valence-corrected chi connectivity index (χ2v) is 19.5. The van der Waals surface area contributed by atoms with Crippen LogP contribution < -0.4 is 106 Å². The zero-order chi connectivity index (χ0) is 45.9. The zero-order valence-corrected chi connectivity index (χ0v) is 39.2. The smallest absolute Gasteiger partial charge is 0.744 e. The molecule has 6 aromatic carbocycles. The summed E-state index contributed by atoms with van der Waals surface area (Å²) in [7, 11) is -26.8. The van der Waals surface area contributed by atoms with Gasteiger partial charge in [0, 0.05) is 22.1 Å². The number of nitrogens with zero attached hydrogens (tertiary/aromatic N) is 4. The minimum Gasteiger partial charge on any atom is -0.744 e. The maximum absolute atomic E-state index is 12.3. The second kappa shape index (κ2) is 22.5. The van der Waals surface area contributed by atoms with Gasteiger partial charge in [-0.3, -0.25) is 0 Å². The van der Waals surface area contributed by atoms with Crippen molar-refractivity contribution in [2.24, 2.45) is 20.5 Å². The number of nitrogen functional groups attached to an aromatic ring is 2. The van der Waals surface area contributed by atoms with Crippen molar-refractivity contribution in [3.63, 3.8) is 0 Å². The Bertz CT molecular complexity index is 3620. The van der Waals surface area contributed by atoms with Gasteiger partial charge in [0.15, 0.2) is 11.5 Å². The van der Waals surface area contributed by atoms with Crippen LogP contribution in [0.15, 0.2) is 124 Å². The molecule has 0 aliphatic heterocycles. The number of benzene rings is 6. The second-order valence-electron chi connectivity index (χ2n) is 12.7. The molecule has 324 valence electrons. The van der Waals surface area contributed by atoms with Gasteiger partial charge in [-0.15, -0.1) is 10.2 Å². The van der Waals surface area contributed by atoms with Crippen molar-refractivity contribution in [3.8, 4) is 11.5 Å². The quantitative estimate of drug-likeness (QED) is 0.0308. The molecular weight excluding hydrogens is 959 g/mol.